The fourth-order valence-corrected chi connectivity index (χ4v) is 3.56. The lowest BCUT2D eigenvalue weighted by Crippen LogP contribution is -1.88. The van der Waals surface area contributed by atoms with Crippen LogP contribution in [-0.2, 0) is 0 Å². The number of aryl methyl sites for hydroxylation is 4. The quantitative estimate of drug-likeness (QED) is 0.255. The Hall–Kier alpha value is -4.06. The van der Waals surface area contributed by atoms with Crippen molar-refractivity contribution in [1.29, 1.82) is 0 Å². The van der Waals surface area contributed by atoms with Crippen molar-refractivity contribution >= 4 is 39.2 Å². The zero-order valence-corrected chi connectivity index (χ0v) is 18.6. The molecule has 0 amide bonds. The summed E-state index contributed by atoms with van der Waals surface area (Å²) in [7, 11) is 0. The Balaban J connectivity index is 1.78. The zero-order valence-electron chi connectivity index (χ0n) is 18.6. The van der Waals surface area contributed by atoms with Gasteiger partial charge in [0, 0.05) is 10.8 Å². The Morgan fingerprint density at radius 1 is 0.625 bits per heavy atom. The van der Waals surface area contributed by atoms with E-state index in [0.29, 0.717) is 27.8 Å². The van der Waals surface area contributed by atoms with Crippen molar-refractivity contribution in [2.45, 2.75) is 27.7 Å². The van der Waals surface area contributed by atoms with Crippen LogP contribution in [-0.4, -0.2) is 5.11 Å². The van der Waals surface area contributed by atoms with Gasteiger partial charge >= 0.3 is 0 Å². The number of aromatic hydroxyl groups is 1. The van der Waals surface area contributed by atoms with E-state index in [1.807, 2.05) is 70.2 Å². The van der Waals surface area contributed by atoms with Gasteiger partial charge in [-0.05, 0) is 75.2 Å². The highest BCUT2D eigenvalue weighted by Gasteiger charge is 2.15. The SMILES string of the molecule is Cc1ccc(N=Nc2c(C)cc3c(N=Nc4ccc(C)cc4C)c(N)ccc3c2O)cc1. The zero-order chi connectivity index (χ0) is 22.8. The van der Waals surface area contributed by atoms with Crippen LogP contribution in [0.15, 0.2) is 81.1 Å². The smallest absolute Gasteiger partial charge is 0.151 e. The average Bonchev–Trinajstić information content (AvgIpc) is 2.75. The molecule has 0 unspecified atom stereocenters. The molecule has 0 heterocycles. The molecule has 0 atom stereocenters. The van der Waals surface area contributed by atoms with Crippen molar-refractivity contribution in [1.82, 2.24) is 0 Å². The Labute approximate surface area is 187 Å². The summed E-state index contributed by atoms with van der Waals surface area (Å²) >= 11 is 0. The predicted molar refractivity (Wildman–Crippen MR) is 130 cm³/mol. The molecule has 0 aliphatic rings. The summed E-state index contributed by atoms with van der Waals surface area (Å²) in [5, 5.41) is 29.7. The van der Waals surface area contributed by atoms with Gasteiger partial charge in [-0.2, -0.15) is 10.2 Å². The number of nitrogens with zero attached hydrogens (tertiary/aromatic N) is 4. The van der Waals surface area contributed by atoms with Gasteiger partial charge in [0.2, 0.25) is 0 Å². The molecule has 0 radical (unpaired) electrons. The molecule has 6 nitrogen and oxygen atoms in total. The highest BCUT2D eigenvalue weighted by atomic mass is 16.3. The third kappa shape index (κ3) is 4.21. The van der Waals surface area contributed by atoms with Gasteiger partial charge in [0.25, 0.3) is 0 Å². The molecule has 0 saturated heterocycles. The molecule has 0 bridgehead atoms. The lowest BCUT2D eigenvalue weighted by Gasteiger charge is -2.11. The number of azo groups is 2. The number of fused-ring (bicyclic) bond motifs is 1. The van der Waals surface area contributed by atoms with E-state index in [2.05, 4.69) is 26.5 Å². The van der Waals surface area contributed by atoms with Gasteiger partial charge in [0.15, 0.2) is 5.75 Å². The number of anilines is 1. The number of hydrogen-bond acceptors (Lipinski definition) is 6. The first-order valence-electron chi connectivity index (χ1n) is 10.4. The third-order valence-electron chi connectivity index (χ3n) is 5.37. The molecule has 0 aliphatic heterocycles. The van der Waals surface area contributed by atoms with Crippen LogP contribution in [0.2, 0.25) is 0 Å². The summed E-state index contributed by atoms with van der Waals surface area (Å²) in [4.78, 5) is 0. The maximum atomic E-state index is 11.0. The van der Waals surface area contributed by atoms with E-state index in [9.17, 15) is 5.11 Å². The molecule has 0 fully saturated rings. The molecule has 160 valence electrons. The van der Waals surface area contributed by atoms with E-state index >= 15 is 0 Å². The van der Waals surface area contributed by atoms with Gasteiger partial charge in [-0.1, -0.05) is 35.4 Å². The summed E-state index contributed by atoms with van der Waals surface area (Å²) in [5.41, 5.74) is 13.2. The highest BCUT2D eigenvalue weighted by molar-refractivity contribution is 6.03. The molecule has 0 spiro atoms. The molecule has 6 heteroatoms. The summed E-state index contributed by atoms with van der Waals surface area (Å²) in [6.07, 6.45) is 0. The molecule has 4 aromatic carbocycles. The van der Waals surface area contributed by atoms with Crippen molar-refractivity contribution in [2.75, 3.05) is 5.73 Å². The van der Waals surface area contributed by atoms with Crippen LogP contribution in [0.4, 0.5) is 28.4 Å². The van der Waals surface area contributed by atoms with Crippen LogP contribution in [0.25, 0.3) is 10.8 Å². The van der Waals surface area contributed by atoms with Crippen LogP contribution in [0, 0.1) is 27.7 Å². The van der Waals surface area contributed by atoms with E-state index < -0.39 is 0 Å². The first-order valence-corrected chi connectivity index (χ1v) is 10.4. The van der Waals surface area contributed by atoms with E-state index in [-0.39, 0.29) is 5.75 Å². The lowest BCUT2D eigenvalue weighted by molar-refractivity contribution is 0.482. The Morgan fingerprint density at radius 2 is 1.31 bits per heavy atom. The maximum Gasteiger partial charge on any atom is 0.151 e. The molecule has 0 saturated carbocycles. The minimum absolute atomic E-state index is 0.0406. The van der Waals surface area contributed by atoms with Gasteiger partial charge in [0.1, 0.15) is 11.4 Å². The standard InChI is InChI=1S/C26H25N5O/c1-15-5-8-19(9-6-15)28-30-24-18(4)14-21-20(26(24)32)10-11-22(27)25(21)31-29-23-12-7-16(2)13-17(23)3/h5-14,32H,27H2,1-4H3. The number of phenolic OH excluding ortho intramolecular Hbond substituents is 1. The van der Waals surface area contributed by atoms with Crippen molar-refractivity contribution < 1.29 is 5.11 Å². The summed E-state index contributed by atoms with van der Waals surface area (Å²) < 4.78 is 0. The molecular weight excluding hydrogens is 398 g/mol. The number of hydrogen-bond donors (Lipinski definition) is 2. The molecule has 3 N–H and O–H groups in total. The van der Waals surface area contributed by atoms with Crippen LogP contribution in [0.3, 0.4) is 0 Å². The van der Waals surface area contributed by atoms with Crippen LogP contribution in [0.1, 0.15) is 22.3 Å². The van der Waals surface area contributed by atoms with E-state index in [0.717, 1.165) is 28.1 Å². The fourth-order valence-electron chi connectivity index (χ4n) is 3.56. The Morgan fingerprint density at radius 3 is 2.03 bits per heavy atom. The number of nitrogen functional groups attached to an aromatic ring is 1. The Bertz CT molecular complexity index is 1370. The third-order valence-corrected chi connectivity index (χ3v) is 5.37. The molecular formula is C26H25N5O. The van der Waals surface area contributed by atoms with Gasteiger partial charge in [-0.15, -0.1) is 10.2 Å². The minimum Gasteiger partial charge on any atom is -0.505 e. The highest BCUT2D eigenvalue weighted by Crippen LogP contribution is 2.44. The van der Waals surface area contributed by atoms with Gasteiger partial charge in [-0.3, -0.25) is 0 Å². The average molecular weight is 424 g/mol. The van der Waals surface area contributed by atoms with Crippen molar-refractivity contribution in [2.24, 2.45) is 20.5 Å². The van der Waals surface area contributed by atoms with Crippen molar-refractivity contribution in [3.63, 3.8) is 0 Å². The number of phenols is 1. The van der Waals surface area contributed by atoms with Gasteiger partial charge in [-0.25, -0.2) is 0 Å². The summed E-state index contributed by atoms with van der Waals surface area (Å²) in [5.74, 6) is 0.0406. The first kappa shape index (κ1) is 21.2. The van der Waals surface area contributed by atoms with Crippen LogP contribution < -0.4 is 5.73 Å². The topological polar surface area (TPSA) is 95.7 Å². The lowest BCUT2D eigenvalue weighted by atomic mass is 10.0. The van der Waals surface area contributed by atoms with Crippen LogP contribution >= 0.6 is 0 Å². The molecule has 4 rings (SSSR count). The van der Waals surface area contributed by atoms with Crippen molar-refractivity contribution in [3.05, 3.63) is 82.9 Å². The number of benzene rings is 4. The largest absolute Gasteiger partial charge is 0.505 e. The molecule has 0 aliphatic carbocycles. The molecule has 32 heavy (non-hydrogen) atoms. The second kappa shape index (κ2) is 8.59. The number of nitrogens with two attached hydrogens (primary N) is 1. The maximum absolute atomic E-state index is 11.0. The monoisotopic (exact) mass is 423 g/mol. The van der Waals surface area contributed by atoms with E-state index in [1.165, 1.54) is 5.56 Å². The summed E-state index contributed by atoms with van der Waals surface area (Å²) in [6.45, 7) is 7.92. The normalized spacial score (nSPS) is 11.8. The summed E-state index contributed by atoms with van der Waals surface area (Å²) in [6, 6.07) is 19.1. The molecule has 4 aromatic rings. The minimum atomic E-state index is 0.0406. The predicted octanol–water partition coefficient (Wildman–Crippen LogP) is 8.19. The second-order valence-electron chi connectivity index (χ2n) is 8.01. The number of rotatable bonds is 4. The van der Waals surface area contributed by atoms with E-state index in [1.54, 1.807) is 12.1 Å². The van der Waals surface area contributed by atoms with Crippen molar-refractivity contribution in [3.8, 4) is 5.75 Å². The Kier molecular flexibility index (Phi) is 5.69. The first-order chi connectivity index (χ1) is 15.3. The second-order valence-corrected chi connectivity index (χ2v) is 8.01. The van der Waals surface area contributed by atoms with Crippen LogP contribution in [0.5, 0.6) is 5.75 Å². The van der Waals surface area contributed by atoms with E-state index in [4.69, 9.17) is 5.73 Å². The fraction of sp³-hybridized carbons (Fsp3) is 0.154. The van der Waals surface area contributed by atoms with Gasteiger partial charge in [0.05, 0.1) is 17.1 Å². The van der Waals surface area contributed by atoms with Gasteiger partial charge < -0.3 is 10.8 Å². The molecule has 0 aromatic heterocycles.